The zero-order valence-electron chi connectivity index (χ0n) is 10.3. The van der Waals surface area contributed by atoms with Crippen LogP contribution in [-0.4, -0.2) is 14.7 Å². The first-order valence-corrected chi connectivity index (χ1v) is 6.59. The summed E-state index contributed by atoms with van der Waals surface area (Å²) >= 11 is 3.35. The summed E-state index contributed by atoms with van der Waals surface area (Å²) in [6, 6.07) is 4.83. The zero-order valence-corrected chi connectivity index (χ0v) is 11.8. The van der Waals surface area contributed by atoms with Crippen LogP contribution in [0.4, 0.5) is 5.69 Å². The first-order valence-electron chi connectivity index (χ1n) is 5.79. The summed E-state index contributed by atoms with van der Waals surface area (Å²) in [6.45, 7) is 5.13. The van der Waals surface area contributed by atoms with Crippen LogP contribution in [0.1, 0.15) is 20.3 Å². The van der Waals surface area contributed by atoms with E-state index in [1.807, 2.05) is 4.68 Å². The standard InChI is InChI=1S/C12H14BrN3O2/c1-8(2)5-6-15-11-4-3-9(16(17)18)7-10(11)12(13)14-15/h3-4,7-8H,5-6H2,1-2H3. The molecular formula is C12H14BrN3O2. The van der Waals surface area contributed by atoms with E-state index in [4.69, 9.17) is 0 Å². The van der Waals surface area contributed by atoms with Gasteiger partial charge in [0, 0.05) is 24.1 Å². The molecule has 0 bridgehead atoms. The van der Waals surface area contributed by atoms with Crippen LogP contribution in [0.25, 0.3) is 10.9 Å². The average molecular weight is 312 g/mol. The van der Waals surface area contributed by atoms with Crippen LogP contribution in [0.2, 0.25) is 0 Å². The normalized spacial score (nSPS) is 11.3. The maximum Gasteiger partial charge on any atom is 0.270 e. The van der Waals surface area contributed by atoms with Gasteiger partial charge in [0.2, 0.25) is 0 Å². The molecule has 0 saturated heterocycles. The van der Waals surface area contributed by atoms with Crippen molar-refractivity contribution in [3.05, 3.63) is 32.9 Å². The Morgan fingerprint density at radius 1 is 1.50 bits per heavy atom. The third-order valence-electron chi connectivity index (χ3n) is 2.82. The number of hydrogen-bond donors (Lipinski definition) is 0. The van der Waals surface area contributed by atoms with E-state index in [1.54, 1.807) is 12.1 Å². The fourth-order valence-corrected chi connectivity index (χ4v) is 2.30. The maximum absolute atomic E-state index is 10.7. The van der Waals surface area contributed by atoms with Gasteiger partial charge in [0.15, 0.2) is 0 Å². The molecule has 0 aliphatic carbocycles. The molecule has 5 nitrogen and oxygen atoms in total. The van der Waals surface area contributed by atoms with Crippen molar-refractivity contribution in [2.45, 2.75) is 26.8 Å². The molecule has 0 atom stereocenters. The smallest absolute Gasteiger partial charge is 0.264 e. The first-order chi connectivity index (χ1) is 8.49. The predicted octanol–water partition coefficient (Wildman–Crippen LogP) is 3.75. The Morgan fingerprint density at radius 2 is 2.22 bits per heavy atom. The second-order valence-electron chi connectivity index (χ2n) is 4.66. The minimum Gasteiger partial charge on any atom is -0.264 e. The number of hydrogen-bond acceptors (Lipinski definition) is 3. The second-order valence-corrected chi connectivity index (χ2v) is 5.41. The molecule has 18 heavy (non-hydrogen) atoms. The topological polar surface area (TPSA) is 61.0 Å². The van der Waals surface area contributed by atoms with Gasteiger partial charge in [-0.05, 0) is 34.3 Å². The average Bonchev–Trinajstić information content (AvgIpc) is 2.63. The van der Waals surface area contributed by atoms with Gasteiger partial charge in [-0.25, -0.2) is 0 Å². The molecular weight excluding hydrogens is 298 g/mol. The molecule has 0 N–H and O–H groups in total. The van der Waals surface area contributed by atoms with E-state index in [0.29, 0.717) is 10.5 Å². The number of aryl methyl sites for hydroxylation is 1. The highest BCUT2D eigenvalue weighted by Crippen LogP contribution is 2.27. The number of fused-ring (bicyclic) bond motifs is 1. The Kier molecular flexibility index (Phi) is 3.65. The molecule has 0 aliphatic heterocycles. The molecule has 96 valence electrons. The second kappa shape index (κ2) is 5.06. The fourth-order valence-electron chi connectivity index (χ4n) is 1.79. The lowest BCUT2D eigenvalue weighted by Gasteiger charge is -2.05. The maximum atomic E-state index is 10.7. The van der Waals surface area contributed by atoms with Crippen molar-refractivity contribution in [1.29, 1.82) is 0 Å². The SMILES string of the molecule is CC(C)CCn1nc(Br)c2cc([N+](=O)[O-])ccc21. The van der Waals surface area contributed by atoms with Crippen LogP contribution in [-0.2, 0) is 6.54 Å². The van der Waals surface area contributed by atoms with Gasteiger partial charge >= 0.3 is 0 Å². The summed E-state index contributed by atoms with van der Waals surface area (Å²) in [7, 11) is 0. The van der Waals surface area contributed by atoms with Gasteiger partial charge in [-0.3, -0.25) is 14.8 Å². The number of aromatic nitrogens is 2. The van der Waals surface area contributed by atoms with Crippen LogP contribution in [0.5, 0.6) is 0 Å². The molecule has 1 heterocycles. The number of non-ortho nitro benzene ring substituents is 1. The molecule has 6 heteroatoms. The van der Waals surface area contributed by atoms with Crippen molar-refractivity contribution in [3.63, 3.8) is 0 Å². The molecule has 1 aromatic carbocycles. The number of rotatable bonds is 4. The van der Waals surface area contributed by atoms with E-state index in [1.165, 1.54) is 6.07 Å². The number of nitrogens with zero attached hydrogens (tertiary/aromatic N) is 3. The van der Waals surface area contributed by atoms with E-state index in [9.17, 15) is 10.1 Å². The van der Waals surface area contributed by atoms with Crippen molar-refractivity contribution in [2.75, 3.05) is 0 Å². The van der Waals surface area contributed by atoms with Gasteiger partial charge in [0.05, 0.1) is 10.4 Å². The van der Waals surface area contributed by atoms with Crippen LogP contribution >= 0.6 is 15.9 Å². The van der Waals surface area contributed by atoms with Crippen molar-refractivity contribution >= 4 is 32.5 Å². The highest BCUT2D eigenvalue weighted by molar-refractivity contribution is 9.10. The Labute approximate surface area is 113 Å². The number of nitro benzene ring substituents is 1. The van der Waals surface area contributed by atoms with Crippen molar-refractivity contribution < 1.29 is 4.92 Å². The molecule has 0 fully saturated rings. The van der Waals surface area contributed by atoms with E-state index in [-0.39, 0.29) is 5.69 Å². The highest BCUT2D eigenvalue weighted by atomic mass is 79.9. The summed E-state index contributed by atoms with van der Waals surface area (Å²) < 4.78 is 2.55. The van der Waals surface area contributed by atoms with Crippen LogP contribution < -0.4 is 0 Å². The molecule has 0 spiro atoms. The van der Waals surface area contributed by atoms with Crippen molar-refractivity contribution in [3.8, 4) is 0 Å². The minimum absolute atomic E-state index is 0.0895. The Hall–Kier alpha value is -1.43. The number of halogens is 1. The third kappa shape index (κ3) is 2.53. The van der Waals surface area contributed by atoms with Gasteiger partial charge in [-0.15, -0.1) is 0 Å². The van der Waals surface area contributed by atoms with Crippen molar-refractivity contribution in [1.82, 2.24) is 9.78 Å². The first kappa shape index (κ1) is 13.0. The minimum atomic E-state index is -0.392. The molecule has 0 saturated carbocycles. The van der Waals surface area contributed by atoms with Crippen molar-refractivity contribution in [2.24, 2.45) is 5.92 Å². The Balaban J connectivity index is 2.42. The summed E-state index contributed by atoms with van der Waals surface area (Å²) in [5.41, 5.74) is 1.01. The number of benzene rings is 1. The molecule has 0 amide bonds. The van der Waals surface area contributed by atoms with E-state index in [0.717, 1.165) is 23.9 Å². The van der Waals surface area contributed by atoms with Crippen LogP contribution in [0.15, 0.2) is 22.8 Å². The van der Waals surface area contributed by atoms with Gasteiger partial charge < -0.3 is 0 Å². The van der Waals surface area contributed by atoms with Gasteiger partial charge in [-0.2, -0.15) is 5.10 Å². The predicted molar refractivity (Wildman–Crippen MR) is 73.5 cm³/mol. The number of nitro groups is 1. The zero-order chi connectivity index (χ0) is 13.3. The largest absolute Gasteiger partial charge is 0.270 e. The molecule has 1 aromatic heterocycles. The lowest BCUT2D eigenvalue weighted by atomic mass is 10.1. The monoisotopic (exact) mass is 311 g/mol. The van der Waals surface area contributed by atoms with Crippen LogP contribution in [0, 0.1) is 16.0 Å². The van der Waals surface area contributed by atoms with E-state index >= 15 is 0 Å². The molecule has 0 aliphatic rings. The van der Waals surface area contributed by atoms with Crippen LogP contribution in [0.3, 0.4) is 0 Å². The summed E-state index contributed by atoms with van der Waals surface area (Å²) in [5, 5.41) is 15.9. The Morgan fingerprint density at radius 3 is 2.83 bits per heavy atom. The molecule has 2 rings (SSSR count). The molecule has 0 unspecified atom stereocenters. The summed E-state index contributed by atoms with van der Waals surface area (Å²) in [6.07, 6.45) is 1.03. The summed E-state index contributed by atoms with van der Waals surface area (Å²) in [4.78, 5) is 10.3. The lowest BCUT2D eigenvalue weighted by Crippen LogP contribution is -2.03. The van der Waals surface area contributed by atoms with Gasteiger partial charge in [-0.1, -0.05) is 13.8 Å². The Bertz CT molecular complexity index is 592. The summed E-state index contributed by atoms with van der Waals surface area (Å²) in [5.74, 6) is 0.598. The van der Waals surface area contributed by atoms with Gasteiger partial charge in [0.1, 0.15) is 4.60 Å². The van der Waals surface area contributed by atoms with E-state index in [2.05, 4.69) is 34.9 Å². The van der Waals surface area contributed by atoms with E-state index < -0.39 is 4.92 Å². The molecule has 2 aromatic rings. The quantitative estimate of drug-likeness (QED) is 0.638. The lowest BCUT2D eigenvalue weighted by molar-refractivity contribution is -0.384. The fraction of sp³-hybridized carbons (Fsp3) is 0.417. The van der Waals surface area contributed by atoms with Gasteiger partial charge in [0.25, 0.3) is 5.69 Å². The third-order valence-corrected chi connectivity index (χ3v) is 3.40. The highest BCUT2D eigenvalue weighted by Gasteiger charge is 2.13. The molecule has 0 radical (unpaired) electrons.